The number of nitrogens with zero attached hydrogens (tertiary/aromatic N) is 4. The van der Waals surface area contributed by atoms with Crippen molar-refractivity contribution in [3.8, 4) is 5.88 Å². The molecule has 1 aliphatic rings. The first-order valence-corrected chi connectivity index (χ1v) is 9.03. The lowest BCUT2D eigenvalue weighted by molar-refractivity contribution is 0.271. The van der Waals surface area contributed by atoms with E-state index in [9.17, 15) is 0 Å². The monoisotopic (exact) mass is 341 g/mol. The van der Waals surface area contributed by atoms with Crippen molar-refractivity contribution in [1.29, 1.82) is 0 Å². The van der Waals surface area contributed by atoms with Crippen LogP contribution in [0.3, 0.4) is 0 Å². The van der Waals surface area contributed by atoms with Gasteiger partial charge in [0.25, 0.3) is 0 Å². The van der Waals surface area contributed by atoms with Gasteiger partial charge in [-0.05, 0) is 31.2 Å². The summed E-state index contributed by atoms with van der Waals surface area (Å²) in [6.07, 6.45) is 3.34. The number of piperazine rings is 1. The van der Waals surface area contributed by atoms with Crippen LogP contribution >= 0.6 is 0 Å². The van der Waals surface area contributed by atoms with Gasteiger partial charge in [-0.25, -0.2) is 0 Å². The van der Waals surface area contributed by atoms with E-state index in [2.05, 4.69) is 56.3 Å². The summed E-state index contributed by atoms with van der Waals surface area (Å²) < 4.78 is 5.37. The van der Waals surface area contributed by atoms with E-state index in [1.165, 1.54) is 11.3 Å². The first kappa shape index (κ1) is 17.5. The topological polar surface area (TPSA) is 53.5 Å². The number of benzene rings is 1. The van der Waals surface area contributed by atoms with Crippen molar-refractivity contribution in [3.05, 3.63) is 42.2 Å². The molecule has 0 unspecified atom stereocenters. The van der Waals surface area contributed by atoms with Crippen molar-refractivity contribution in [2.45, 2.75) is 20.4 Å². The van der Waals surface area contributed by atoms with Crippen LogP contribution in [0.15, 0.2) is 36.7 Å². The zero-order valence-corrected chi connectivity index (χ0v) is 15.1. The van der Waals surface area contributed by atoms with Gasteiger partial charge in [0.2, 0.25) is 5.88 Å². The molecule has 6 heteroatoms. The Bertz CT molecular complexity index is 653. The number of rotatable bonds is 7. The molecule has 1 aliphatic heterocycles. The molecule has 1 fully saturated rings. The third kappa shape index (κ3) is 4.82. The first-order chi connectivity index (χ1) is 12.3. The molecule has 6 nitrogen and oxygen atoms in total. The Morgan fingerprint density at radius 1 is 1.04 bits per heavy atom. The van der Waals surface area contributed by atoms with Gasteiger partial charge in [-0.15, -0.1) is 0 Å². The molecule has 0 saturated carbocycles. The second-order valence-electron chi connectivity index (χ2n) is 6.12. The summed E-state index contributed by atoms with van der Waals surface area (Å²) in [6.45, 7) is 11.1. The molecule has 1 aromatic carbocycles. The Kier molecular flexibility index (Phi) is 6.06. The standard InChI is InChI=1S/C19H27N5O/c1-3-23-9-11-24(12-10-23)17-7-5-16(6-8-17)13-21-18-14-20-15-19(22-18)25-4-2/h5-8,14-15H,3-4,9-13H2,1-2H3,(H,21,22). The molecule has 0 amide bonds. The van der Waals surface area contributed by atoms with Crippen LogP contribution in [-0.4, -0.2) is 54.2 Å². The zero-order valence-electron chi connectivity index (χ0n) is 15.1. The molecule has 0 spiro atoms. The van der Waals surface area contributed by atoms with Crippen molar-refractivity contribution < 1.29 is 4.74 Å². The van der Waals surface area contributed by atoms with Gasteiger partial charge in [-0.3, -0.25) is 4.98 Å². The van der Waals surface area contributed by atoms with Crippen LogP contribution in [0.2, 0.25) is 0 Å². The molecule has 25 heavy (non-hydrogen) atoms. The summed E-state index contributed by atoms with van der Waals surface area (Å²) in [7, 11) is 0. The van der Waals surface area contributed by atoms with Crippen molar-refractivity contribution in [2.24, 2.45) is 0 Å². The van der Waals surface area contributed by atoms with Crippen molar-refractivity contribution in [3.63, 3.8) is 0 Å². The molecule has 0 radical (unpaired) electrons. The predicted octanol–water partition coefficient (Wildman–Crippen LogP) is 2.63. The minimum atomic E-state index is 0.550. The highest BCUT2D eigenvalue weighted by molar-refractivity contribution is 5.48. The highest BCUT2D eigenvalue weighted by atomic mass is 16.5. The van der Waals surface area contributed by atoms with Crippen LogP contribution in [0.1, 0.15) is 19.4 Å². The third-order valence-corrected chi connectivity index (χ3v) is 4.50. The molecule has 0 aliphatic carbocycles. The molecule has 134 valence electrons. The van der Waals surface area contributed by atoms with E-state index >= 15 is 0 Å². The number of anilines is 2. The summed E-state index contributed by atoms with van der Waals surface area (Å²) in [5, 5.41) is 3.30. The van der Waals surface area contributed by atoms with Gasteiger partial charge in [-0.2, -0.15) is 4.98 Å². The first-order valence-electron chi connectivity index (χ1n) is 9.03. The van der Waals surface area contributed by atoms with E-state index < -0.39 is 0 Å². The van der Waals surface area contributed by atoms with E-state index in [0.717, 1.165) is 38.5 Å². The van der Waals surface area contributed by atoms with Crippen LogP contribution in [0.4, 0.5) is 11.5 Å². The fraction of sp³-hybridized carbons (Fsp3) is 0.474. The van der Waals surface area contributed by atoms with E-state index in [0.29, 0.717) is 19.0 Å². The van der Waals surface area contributed by atoms with Gasteiger partial charge in [0, 0.05) is 38.4 Å². The summed E-state index contributed by atoms with van der Waals surface area (Å²) >= 11 is 0. The van der Waals surface area contributed by atoms with E-state index in [1.807, 2.05) is 6.92 Å². The van der Waals surface area contributed by atoms with Gasteiger partial charge >= 0.3 is 0 Å². The Hall–Kier alpha value is -2.34. The van der Waals surface area contributed by atoms with Crippen molar-refractivity contribution in [1.82, 2.24) is 14.9 Å². The second-order valence-corrected chi connectivity index (χ2v) is 6.12. The molecular weight excluding hydrogens is 314 g/mol. The lowest BCUT2D eigenvalue weighted by Crippen LogP contribution is -2.46. The molecule has 1 aromatic heterocycles. The summed E-state index contributed by atoms with van der Waals surface area (Å²) in [4.78, 5) is 13.5. The van der Waals surface area contributed by atoms with Crippen LogP contribution < -0.4 is 15.0 Å². The summed E-state index contributed by atoms with van der Waals surface area (Å²) in [6, 6.07) is 8.77. The van der Waals surface area contributed by atoms with Gasteiger partial charge in [-0.1, -0.05) is 19.1 Å². The minimum absolute atomic E-state index is 0.550. The van der Waals surface area contributed by atoms with Crippen LogP contribution in [0, 0.1) is 0 Å². The van der Waals surface area contributed by atoms with Gasteiger partial charge in [0.05, 0.1) is 19.0 Å². The Morgan fingerprint density at radius 2 is 1.80 bits per heavy atom. The highest BCUT2D eigenvalue weighted by Crippen LogP contribution is 2.18. The lowest BCUT2D eigenvalue weighted by atomic mass is 10.1. The van der Waals surface area contributed by atoms with Crippen molar-refractivity contribution in [2.75, 3.05) is 49.5 Å². The van der Waals surface area contributed by atoms with Crippen LogP contribution in [-0.2, 0) is 6.54 Å². The Morgan fingerprint density at radius 3 is 2.48 bits per heavy atom. The number of likely N-dealkylation sites (N-methyl/N-ethyl adjacent to an activating group) is 1. The molecule has 1 N–H and O–H groups in total. The number of nitrogens with one attached hydrogen (secondary N) is 1. The molecule has 1 saturated heterocycles. The van der Waals surface area contributed by atoms with Crippen LogP contribution in [0.25, 0.3) is 0 Å². The molecule has 0 bridgehead atoms. The fourth-order valence-corrected chi connectivity index (χ4v) is 2.99. The molecule has 0 atom stereocenters. The van der Waals surface area contributed by atoms with E-state index in [4.69, 9.17) is 4.74 Å². The average molecular weight is 341 g/mol. The Balaban J connectivity index is 1.53. The molecular formula is C19H27N5O. The third-order valence-electron chi connectivity index (χ3n) is 4.50. The number of ether oxygens (including phenoxy) is 1. The lowest BCUT2D eigenvalue weighted by Gasteiger charge is -2.35. The average Bonchev–Trinajstić information content (AvgIpc) is 2.67. The maximum absolute atomic E-state index is 5.37. The normalized spacial score (nSPS) is 15.2. The number of hydrogen-bond acceptors (Lipinski definition) is 6. The summed E-state index contributed by atoms with van der Waals surface area (Å²) in [5.74, 6) is 1.28. The predicted molar refractivity (Wildman–Crippen MR) is 101 cm³/mol. The summed E-state index contributed by atoms with van der Waals surface area (Å²) in [5.41, 5.74) is 2.53. The van der Waals surface area contributed by atoms with E-state index in [1.54, 1.807) is 12.4 Å². The van der Waals surface area contributed by atoms with Crippen LogP contribution in [0.5, 0.6) is 5.88 Å². The molecule has 2 heterocycles. The minimum Gasteiger partial charge on any atom is -0.477 e. The maximum atomic E-state index is 5.37. The fourth-order valence-electron chi connectivity index (χ4n) is 2.99. The van der Waals surface area contributed by atoms with Gasteiger partial charge < -0.3 is 19.9 Å². The second kappa shape index (κ2) is 8.67. The van der Waals surface area contributed by atoms with Gasteiger partial charge in [0.1, 0.15) is 5.82 Å². The zero-order chi connectivity index (χ0) is 17.5. The van der Waals surface area contributed by atoms with Crippen molar-refractivity contribution >= 4 is 11.5 Å². The quantitative estimate of drug-likeness (QED) is 0.835. The largest absolute Gasteiger partial charge is 0.477 e. The van der Waals surface area contributed by atoms with E-state index in [-0.39, 0.29) is 0 Å². The number of aromatic nitrogens is 2. The SMILES string of the molecule is CCOc1cncc(NCc2ccc(N3CCN(CC)CC3)cc2)n1. The highest BCUT2D eigenvalue weighted by Gasteiger charge is 2.15. The molecule has 2 aromatic rings. The van der Waals surface area contributed by atoms with Gasteiger partial charge in [0.15, 0.2) is 0 Å². The number of hydrogen-bond donors (Lipinski definition) is 1. The Labute approximate surface area is 149 Å². The maximum Gasteiger partial charge on any atom is 0.234 e. The molecule has 3 rings (SSSR count). The smallest absolute Gasteiger partial charge is 0.234 e.